The number of aromatic nitrogens is 1. The zero-order valence-corrected chi connectivity index (χ0v) is 17.1. The van der Waals surface area contributed by atoms with Gasteiger partial charge >= 0.3 is 5.91 Å². The van der Waals surface area contributed by atoms with Gasteiger partial charge in [0.1, 0.15) is 23.4 Å². The molecule has 7 heteroatoms. The smallest absolute Gasteiger partial charge is 0.301 e. The highest BCUT2D eigenvalue weighted by molar-refractivity contribution is 7.10. The number of benzene rings is 1. The molecule has 2 aromatic heterocycles. The number of hydrogen-bond donors (Lipinski definition) is 1. The zero-order valence-electron chi connectivity index (χ0n) is 16.3. The number of aliphatic hydroxyl groups is 1. The molecular weight excluding hydrogens is 400 g/mol. The van der Waals surface area contributed by atoms with Gasteiger partial charge in [-0.3, -0.25) is 14.5 Å². The molecule has 1 aliphatic rings. The van der Waals surface area contributed by atoms with Gasteiger partial charge in [-0.1, -0.05) is 19.1 Å². The molecule has 0 saturated carbocycles. The average Bonchev–Trinajstić information content (AvgIpc) is 3.40. The van der Waals surface area contributed by atoms with E-state index in [0.29, 0.717) is 23.7 Å². The van der Waals surface area contributed by atoms with Gasteiger partial charge in [0.05, 0.1) is 12.2 Å². The quantitative estimate of drug-likeness (QED) is 0.359. The summed E-state index contributed by atoms with van der Waals surface area (Å²) in [6, 6.07) is 14.9. The maximum Gasteiger partial charge on any atom is 0.301 e. The molecule has 1 amide bonds. The summed E-state index contributed by atoms with van der Waals surface area (Å²) in [5, 5.41) is 12.9. The van der Waals surface area contributed by atoms with Crippen molar-refractivity contribution in [2.75, 3.05) is 11.5 Å². The number of thiophene rings is 1. The van der Waals surface area contributed by atoms with Gasteiger partial charge in [-0.05, 0) is 54.3 Å². The van der Waals surface area contributed by atoms with Gasteiger partial charge in [0.15, 0.2) is 0 Å². The predicted molar refractivity (Wildman–Crippen MR) is 116 cm³/mol. The third kappa shape index (κ3) is 3.59. The van der Waals surface area contributed by atoms with Crippen molar-refractivity contribution in [3.05, 3.63) is 82.2 Å². The largest absolute Gasteiger partial charge is 0.507 e. The van der Waals surface area contributed by atoms with E-state index >= 15 is 0 Å². The van der Waals surface area contributed by atoms with Crippen LogP contribution in [0.5, 0.6) is 5.75 Å². The minimum atomic E-state index is -0.740. The predicted octanol–water partition coefficient (Wildman–Crippen LogP) is 4.56. The van der Waals surface area contributed by atoms with Gasteiger partial charge in [-0.2, -0.15) is 0 Å². The van der Waals surface area contributed by atoms with Gasteiger partial charge in [-0.25, -0.2) is 4.98 Å². The summed E-state index contributed by atoms with van der Waals surface area (Å²) in [6.45, 7) is 2.62. The lowest BCUT2D eigenvalue weighted by molar-refractivity contribution is -0.132. The van der Waals surface area contributed by atoms with E-state index in [9.17, 15) is 14.7 Å². The molecule has 0 bridgehead atoms. The Kier molecular flexibility index (Phi) is 5.63. The summed E-state index contributed by atoms with van der Waals surface area (Å²) < 4.78 is 5.57. The molecule has 1 aromatic carbocycles. The monoisotopic (exact) mass is 420 g/mol. The Morgan fingerprint density at radius 3 is 2.57 bits per heavy atom. The summed E-state index contributed by atoms with van der Waals surface area (Å²) in [6.07, 6.45) is 2.45. The van der Waals surface area contributed by atoms with Crippen molar-refractivity contribution in [2.45, 2.75) is 19.4 Å². The Hall–Kier alpha value is -3.45. The molecule has 0 aliphatic carbocycles. The van der Waals surface area contributed by atoms with Crippen molar-refractivity contribution in [1.29, 1.82) is 0 Å². The Labute approximate surface area is 178 Å². The maximum atomic E-state index is 13.0. The number of carbonyl (C=O) groups excluding carboxylic acids is 2. The van der Waals surface area contributed by atoms with Crippen molar-refractivity contribution in [3.8, 4) is 5.75 Å². The fourth-order valence-electron chi connectivity index (χ4n) is 3.37. The lowest BCUT2D eigenvalue weighted by Crippen LogP contribution is -2.29. The van der Waals surface area contributed by atoms with E-state index in [1.807, 2.05) is 24.4 Å². The number of nitrogens with zero attached hydrogens (tertiary/aromatic N) is 2. The minimum Gasteiger partial charge on any atom is -0.507 e. The van der Waals surface area contributed by atoms with E-state index in [-0.39, 0.29) is 11.3 Å². The second-order valence-corrected chi connectivity index (χ2v) is 7.72. The van der Waals surface area contributed by atoms with Crippen LogP contribution < -0.4 is 9.64 Å². The number of amides is 1. The molecule has 1 aliphatic heterocycles. The first-order chi connectivity index (χ1) is 14.6. The lowest BCUT2D eigenvalue weighted by Gasteiger charge is -2.23. The second-order valence-electron chi connectivity index (χ2n) is 6.75. The summed E-state index contributed by atoms with van der Waals surface area (Å²) >= 11 is 1.41. The number of hydrogen-bond acceptors (Lipinski definition) is 6. The van der Waals surface area contributed by atoms with Crippen LogP contribution in [0.4, 0.5) is 5.82 Å². The Morgan fingerprint density at radius 2 is 1.93 bits per heavy atom. The highest BCUT2D eigenvalue weighted by Gasteiger charge is 2.47. The molecule has 1 atom stereocenters. The number of rotatable bonds is 6. The number of Topliss-reactive ketones (excluding diaryl/α,β-unsaturated/α-hetero) is 1. The van der Waals surface area contributed by atoms with Crippen molar-refractivity contribution in [3.63, 3.8) is 0 Å². The van der Waals surface area contributed by atoms with Gasteiger partial charge in [0.25, 0.3) is 5.78 Å². The summed E-state index contributed by atoms with van der Waals surface area (Å²) in [5.41, 5.74) is 0.495. The van der Waals surface area contributed by atoms with Crippen LogP contribution in [0.15, 0.2) is 71.7 Å². The third-order valence-corrected chi connectivity index (χ3v) is 5.68. The third-order valence-electron chi connectivity index (χ3n) is 4.75. The molecule has 4 rings (SSSR count). The van der Waals surface area contributed by atoms with Crippen LogP contribution in [0.3, 0.4) is 0 Å². The number of pyridine rings is 1. The average molecular weight is 420 g/mol. The van der Waals surface area contributed by atoms with Crippen LogP contribution in [-0.4, -0.2) is 28.4 Å². The second kappa shape index (κ2) is 8.51. The minimum absolute atomic E-state index is 0.0512. The maximum absolute atomic E-state index is 13.0. The van der Waals surface area contributed by atoms with E-state index in [4.69, 9.17) is 4.74 Å². The van der Waals surface area contributed by atoms with Crippen molar-refractivity contribution in [1.82, 2.24) is 4.98 Å². The number of ketones is 1. The van der Waals surface area contributed by atoms with E-state index in [1.165, 1.54) is 16.2 Å². The summed E-state index contributed by atoms with van der Waals surface area (Å²) in [4.78, 5) is 32.2. The molecule has 1 fully saturated rings. The van der Waals surface area contributed by atoms with Crippen LogP contribution in [0, 0.1) is 0 Å². The topological polar surface area (TPSA) is 79.7 Å². The molecule has 152 valence electrons. The molecule has 30 heavy (non-hydrogen) atoms. The lowest BCUT2D eigenvalue weighted by atomic mass is 10.00. The van der Waals surface area contributed by atoms with Crippen LogP contribution in [0.1, 0.15) is 29.8 Å². The van der Waals surface area contributed by atoms with Gasteiger partial charge < -0.3 is 9.84 Å². The Bertz CT molecular complexity index is 1080. The Balaban J connectivity index is 1.80. The first-order valence-corrected chi connectivity index (χ1v) is 10.5. The van der Waals surface area contributed by atoms with Crippen molar-refractivity contribution >= 4 is 34.6 Å². The molecule has 1 unspecified atom stereocenters. The van der Waals surface area contributed by atoms with Crippen LogP contribution >= 0.6 is 11.3 Å². The highest BCUT2D eigenvalue weighted by Crippen LogP contribution is 2.42. The molecule has 0 radical (unpaired) electrons. The van der Waals surface area contributed by atoms with Gasteiger partial charge in [0.2, 0.25) is 0 Å². The summed E-state index contributed by atoms with van der Waals surface area (Å²) in [7, 11) is 0. The van der Waals surface area contributed by atoms with Gasteiger partial charge in [-0.15, -0.1) is 11.3 Å². The molecular formula is C23H20N2O4S. The molecule has 0 spiro atoms. The van der Waals surface area contributed by atoms with Crippen molar-refractivity contribution in [2.24, 2.45) is 0 Å². The number of anilines is 1. The molecule has 6 nitrogen and oxygen atoms in total. The molecule has 1 N–H and O–H groups in total. The summed E-state index contributed by atoms with van der Waals surface area (Å²) in [5.74, 6) is -0.621. The van der Waals surface area contributed by atoms with Crippen LogP contribution in [0.2, 0.25) is 0 Å². The van der Waals surface area contributed by atoms with E-state index in [2.05, 4.69) is 4.98 Å². The standard InChI is InChI=1S/C23H20N2O4S/c1-2-13-29-16-10-8-15(9-11-16)21(26)19-20(17-6-5-14-30-17)25(23(28)22(19)27)18-7-3-4-12-24-18/h3-12,14,20,26H,2,13H2,1H3. The van der Waals surface area contributed by atoms with E-state index < -0.39 is 17.7 Å². The Morgan fingerprint density at radius 1 is 1.13 bits per heavy atom. The van der Waals surface area contributed by atoms with E-state index in [1.54, 1.807) is 48.7 Å². The van der Waals surface area contributed by atoms with E-state index in [0.717, 1.165) is 11.3 Å². The normalized spacial score (nSPS) is 18.0. The highest BCUT2D eigenvalue weighted by atomic mass is 32.1. The van der Waals surface area contributed by atoms with Gasteiger partial charge in [0, 0.05) is 16.6 Å². The van der Waals surface area contributed by atoms with Crippen LogP contribution in [0.25, 0.3) is 5.76 Å². The molecule has 3 aromatic rings. The van der Waals surface area contributed by atoms with Crippen LogP contribution in [-0.2, 0) is 9.59 Å². The zero-order chi connectivity index (χ0) is 21.1. The fourth-order valence-corrected chi connectivity index (χ4v) is 4.19. The molecule has 3 heterocycles. The van der Waals surface area contributed by atoms with Crippen molar-refractivity contribution < 1.29 is 19.4 Å². The fraction of sp³-hybridized carbons (Fsp3) is 0.174. The molecule has 1 saturated heterocycles. The number of carbonyl (C=O) groups is 2. The first kappa shape index (κ1) is 19.8. The SMILES string of the molecule is CCCOc1ccc(C(O)=C2C(=O)C(=O)N(c3ccccn3)C2c2cccs2)cc1. The first-order valence-electron chi connectivity index (χ1n) is 9.60. The number of aliphatic hydroxyl groups excluding tert-OH is 1. The number of ether oxygens (including phenoxy) is 1.